The summed E-state index contributed by atoms with van der Waals surface area (Å²) >= 11 is 1.11. The number of carbonyl (C=O) groups excluding carboxylic acids is 1. The first-order valence-electron chi connectivity index (χ1n) is 8.01. The van der Waals surface area contributed by atoms with Gasteiger partial charge in [0.25, 0.3) is 10.0 Å². The molecule has 0 aliphatic carbocycles. The van der Waals surface area contributed by atoms with Crippen molar-refractivity contribution in [2.75, 3.05) is 18.4 Å². The van der Waals surface area contributed by atoms with Crippen molar-refractivity contribution >= 4 is 33.0 Å². The van der Waals surface area contributed by atoms with Crippen LogP contribution in [0, 0.1) is 12.7 Å². The van der Waals surface area contributed by atoms with Crippen LogP contribution in [0.1, 0.15) is 23.3 Å². The number of aryl methyl sites for hydroxylation is 1. The number of nitrogens with zero attached hydrogens (tertiary/aromatic N) is 1. The Bertz CT molecular complexity index is 887. The smallest absolute Gasteiger partial charge is 0.252 e. The molecule has 2 aromatic rings. The lowest BCUT2D eigenvalue weighted by molar-refractivity contribution is -0.115. The van der Waals surface area contributed by atoms with Crippen LogP contribution in [0.4, 0.5) is 10.1 Å². The Labute approximate surface area is 150 Å². The minimum absolute atomic E-state index is 0.0517. The summed E-state index contributed by atoms with van der Waals surface area (Å²) in [5, 5.41) is 2.67. The molecule has 1 N–H and O–H groups in total. The molecule has 0 saturated carbocycles. The number of benzene rings is 1. The van der Waals surface area contributed by atoms with Crippen LogP contribution in [0.25, 0.3) is 0 Å². The molecular formula is C17H19FN2O3S2. The van der Waals surface area contributed by atoms with Gasteiger partial charge in [-0.1, -0.05) is 6.07 Å². The fourth-order valence-corrected chi connectivity index (χ4v) is 5.75. The van der Waals surface area contributed by atoms with Gasteiger partial charge in [0, 0.05) is 23.7 Å². The summed E-state index contributed by atoms with van der Waals surface area (Å²) in [5.74, 6) is -0.725. The fraction of sp³-hybridized carbons (Fsp3) is 0.353. The van der Waals surface area contributed by atoms with Gasteiger partial charge in [-0.2, -0.15) is 4.31 Å². The second kappa shape index (κ2) is 7.23. The zero-order chi connectivity index (χ0) is 18.0. The third kappa shape index (κ3) is 4.08. The largest absolute Gasteiger partial charge is 0.325 e. The van der Waals surface area contributed by atoms with Gasteiger partial charge in [-0.05, 0) is 49.6 Å². The number of hydrogen-bond acceptors (Lipinski definition) is 4. The number of rotatable bonds is 5. The van der Waals surface area contributed by atoms with Gasteiger partial charge in [0.2, 0.25) is 5.91 Å². The summed E-state index contributed by atoms with van der Waals surface area (Å²) in [7, 11) is -3.45. The Balaban J connectivity index is 1.68. The summed E-state index contributed by atoms with van der Waals surface area (Å²) in [4.78, 5) is 12.8. The lowest BCUT2D eigenvalue weighted by Crippen LogP contribution is -2.27. The number of carbonyl (C=O) groups is 1. The molecule has 1 aromatic carbocycles. The summed E-state index contributed by atoms with van der Waals surface area (Å²) in [6.45, 7) is 2.88. The van der Waals surface area contributed by atoms with Crippen LogP contribution in [0.15, 0.2) is 34.5 Å². The molecule has 1 aliphatic rings. The number of thiophene rings is 1. The molecular weight excluding hydrogens is 363 g/mol. The summed E-state index contributed by atoms with van der Waals surface area (Å²) in [6, 6.07) is 7.40. The normalized spacial score (nSPS) is 15.4. The zero-order valence-electron chi connectivity index (χ0n) is 13.8. The van der Waals surface area contributed by atoms with Crippen LogP contribution < -0.4 is 5.32 Å². The zero-order valence-corrected chi connectivity index (χ0v) is 15.4. The van der Waals surface area contributed by atoms with Crippen molar-refractivity contribution in [1.29, 1.82) is 0 Å². The highest BCUT2D eigenvalue weighted by atomic mass is 32.2. The molecule has 1 saturated heterocycles. The van der Waals surface area contributed by atoms with E-state index < -0.39 is 15.8 Å². The second-order valence-corrected chi connectivity index (χ2v) is 9.35. The van der Waals surface area contributed by atoms with Crippen LogP contribution in [-0.4, -0.2) is 31.7 Å². The minimum atomic E-state index is -3.45. The van der Waals surface area contributed by atoms with Gasteiger partial charge >= 0.3 is 0 Å². The Hall–Kier alpha value is -1.77. The van der Waals surface area contributed by atoms with Crippen LogP contribution in [0.3, 0.4) is 0 Å². The standard InChI is InChI=1S/C17H19FN2O3S2/c1-12-4-5-13(18)10-15(12)19-16(21)11-14-6-7-17(24-14)25(22,23)20-8-2-3-9-20/h4-7,10H,2-3,8-9,11H2,1H3,(H,19,21). The van der Waals surface area contributed by atoms with E-state index in [4.69, 9.17) is 0 Å². The van der Waals surface area contributed by atoms with E-state index in [-0.39, 0.29) is 16.5 Å². The number of halogens is 1. The number of sulfonamides is 1. The van der Waals surface area contributed by atoms with Gasteiger partial charge in [0.05, 0.1) is 6.42 Å². The molecule has 8 heteroatoms. The molecule has 5 nitrogen and oxygen atoms in total. The van der Waals surface area contributed by atoms with E-state index in [1.807, 2.05) is 0 Å². The SMILES string of the molecule is Cc1ccc(F)cc1NC(=O)Cc1ccc(S(=O)(=O)N2CCCC2)s1. The van der Waals surface area contributed by atoms with Crippen LogP contribution >= 0.6 is 11.3 Å². The average molecular weight is 382 g/mol. The van der Waals surface area contributed by atoms with Crippen LogP contribution in [0.2, 0.25) is 0 Å². The van der Waals surface area contributed by atoms with Crippen LogP contribution in [-0.2, 0) is 21.2 Å². The molecule has 0 radical (unpaired) electrons. The molecule has 0 bridgehead atoms. The van der Waals surface area contributed by atoms with E-state index >= 15 is 0 Å². The summed E-state index contributed by atoms with van der Waals surface area (Å²) < 4.78 is 40.0. The molecule has 0 atom stereocenters. The van der Waals surface area contributed by atoms with Gasteiger partial charge in [0.15, 0.2) is 0 Å². The van der Waals surface area contributed by atoms with E-state index in [2.05, 4.69) is 5.32 Å². The van der Waals surface area contributed by atoms with Crippen molar-refractivity contribution in [2.45, 2.75) is 30.4 Å². The molecule has 25 heavy (non-hydrogen) atoms. The predicted octanol–water partition coefficient (Wildman–Crippen LogP) is 3.16. The molecule has 0 spiro atoms. The van der Waals surface area contributed by atoms with E-state index in [0.717, 1.165) is 29.7 Å². The maximum Gasteiger partial charge on any atom is 0.252 e. The Morgan fingerprint density at radius 1 is 1.24 bits per heavy atom. The van der Waals surface area contributed by atoms with E-state index in [9.17, 15) is 17.6 Å². The lowest BCUT2D eigenvalue weighted by Gasteiger charge is -2.13. The molecule has 134 valence electrons. The minimum Gasteiger partial charge on any atom is -0.325 e. The van der Waals surface area contributed by atoms with Crippen molar-refractivity contribution in [3.8, 4) is 0 Å². The van der Waals surface area contributed by atoms with Crippen LogP contribution in [0.5, 0.6) is 0 Å². The highest BCUT2D eigenvalue weighted by Gasteiger charge is 2.28. The highest BCUT2D eigenvalue weighted by molar-refractivity contribution is 7.91. The highest BCUT2D eigenvalue weighted by Crippen LogP contribution is 2.28. The van der Waals surface area contributed by atoms with Gasteiger partial charge in [-0.15, -0.1) is 11.3 Å². The number of nitrogens with one attached hydrogen (secondary N) is 1. The van der Waals surface area contributed by atoms with Gasteiger partial charge in [0.1, 0.15) is 10.0 Å². The summed E-state index contributed by atoms with van der Waals surface area (Å²) in [5.41, 5.74) is 1.18. The summed E-state index contributed by atoms with van der Waals surface area (Å²) in [6.07, 6.45) is 1.82. The van der Waals surface area contributed by atoms with E-state index in [1.165, 1.54) is 16.4 Å². The van der Waals surface area contributed by atoms with E-state index in [1.54, 1.807) is 25.1 Å². The molecule has 1 aliphatic heterocycles. The Morgan fingerprint density at radius 3 is 2.68 bits per heavy atom. The lowest BCUT2D eigenvalue weighted by atomic mass is 10.2. The second-order valence-electron chi connectivity index (χ2n) is 6.02. The fourth-order valence-electron chi connectivity index (χ4n) is 2.73. The first-order valence-corrected chi connectivity index (χ1v) is 10.3. The Kier molecular flexibility index (Phi) is 5.21. The third-order valence-electron chi connectivity index (χ3n) is 4.10. The van der Waals surface area contributed by atoms with Crippen molar-refractivity contribution < 1.29 is 17.6 Å². The first-order chi connectivity index (χ1) is 11.9. The van der Waals surface area contributed by atoms with Gasteiger partial charge in [-0.3, -0.25) is 4.79 Å². The van der Waals surface area contributed by atoms with Gasteiger partial charge in [-0.25, -0.2) is 12.8 Å². The third-order valence-corrected chi connectivity index (χ3v) is 7.56. The molecule has 0 unspecified atom stereocenters. The number of anilines is 1. The maximum atomic E-state index is 13.3. The number of hydrogen-bond donors (Lipinski definition) is 1. The van der Waals surface area contributed by atoms with Crippen molar-refractivity contribution in [3.05, 3.63) is 46.6 Å². The van der Waals surface area contributed by atoms with E-state index in [0.29, 0.717) is 23.7 Å². The molecule has 1 amide bonds. The van der Waals surface area contributed by atoms with Gasteiger partial charge < -0.3 is 5.32 Å². The monoisotopic (exact) mass is 382 g/mol. The maximum absolute atomic E-state index is 13.3. The molecule has 2 heterocycles. The molecule has 1 fully saturated rings. The first kappa shape index (κ1) is 18.0. The Morgan fingerprint density at radius 2 is 1.96 bits per heavy atom. The van der Waals surface area contributed by atoms with Crippen molar-refractivity contribution in [1.82, 2.24) is 4.31 Å². The van der Waals surface area contributed by atoms with Crippen molar-refractivity contribution in [2.24, 2.45) is 0 Å². The average Bonchev–Trinajstić information content (AvgIpc) is 3.22. The predicted molar refractivity (Wildman–Crippen MR) is 95.8 cm³/mol. The topological polar surface area (TPSA) is 66.5 Å². The van der Waals surface area contributed by atoms with Crippen molar-refractivity contribution in [3.63, 3.8) is 0 Å². The molecule has 3 rings (SSSR count). The number of amides is 1. The quantitative estimate of drug-likeness (QED) is 0.864. The molecule has 1 aromatic heterocycles.